The van der Waals surface area contributed by atoms with Crippen LogP contribution in [0.4, 0.5) is 0 Å². The minimum absolute atomic E-state index is 0.292. The van der Waals surface area contributed by atoms with E-state index in [0.717, 1.165) is 10.9 Å². The minimum Gasteiger partial charge on any atom is -0.481 e. The highest BCUT2D eigenvalue weighted by atomic mass is 16.4. The molecule has 8 nitrogen and oxygen atoms in total. The van der Waals surface area contributed by atoms with Gasteiger partial charge in [-0.25, -0.2) is 0 Å². The molecule has 0 aliphatic carbocycles. The first-order chi connectivity index (χ1) is 12.5. The van der Waals surface area contributed by atoms with Crippen molar-refractivity contribution in [1.29, 1.82) is 0 Å². The van der Waals surface area contributed by atoms with Gasteiger partial charge in [-0.15, -0.1) is 0 Å². The number of benzene rings is 1. The number of para-hydroxylation sites is 1. The molecule has 3 rings (SSSR count). The number of carboxylic acids is 1. The van der Waals surface area contributed by atoms with Crippen LogP contribution in [-0.2, 0) is 14.4 Å². The van der Waals surface area contributed by atoms with Crippen molar-refractivity contribution in [2.75, 3.05) is 6.54 Å². The summed E-state index contributed by atoms with van der Waals surface area (Å²) < 4.78 is 0. The molecule has 0 saturated carbocycles. The van der Waals surface area contributed by atoms with Crippen LogP contribution in [0.3, 0.4) is 0 Å². The third-order valence-electron chi connectivity index (χ3n) is 4.46. The normalized spacial score (nSPS) is 17.8. The van der Waals surface area contributed by atoms with Gasteiger partial charge in [-0.3, -0.25) is 14.4 Å². The lowest BCUT2D eigenvalue weighted by Gasteiger charge is -2.24. The van der Waals surface area contributed by atoms with Gasteiger partial charge in [0.05, 0.1) is 12.5 Å². The number of carbonyl (C=O) groups is 4. The molecule has 8 heteroatoms. The molecule has 0 bridgehead atoms. The molecule has 0 spiro atoms. The number of aldehydes is 1. The standard InChI is InChI=1S/C18H19N3O5/c22-10-12(9-16(23)24)19-17(25)15-6-3-7-21(15)18(26)14-8-11-4-1-2-5-13(11)20-14/h1-2,4-5,8,10,12,15,20H,3,6-7,9H2,(H,19,25)(H,23,24)/t12-,15+/m0/s1. The van der Waals surface area contributed by atoms with Crippen LogP contribution in [0, 0.1) is 0 Å². The molecule has 2 aromatic rings. The topological polar surface area (TPSA) is 120 Å². The number of likely N-dealkylation sites (tertiary alicyclic amines) is 1. The number of hydrogen-bond acceptors (Lipinski definition) is 4. The molecule has 136 valence electrons. The van der Waals surface area contributed by atoms with Crippen molar-refractivity contribution in [1.82, 2.24) is 15.2 Å². The first kappa shape index (κ1) is 17.7. The predicted octanol–water partition coefficient (Wildman–Crippen LogP) is 0.931. The number of carbonyl (C=O) groups excluding carboxylic acids is 3. The second-order valence-electron chi connectivity index (χ2n) is 6.28. The molecular formula is C18H19N3O5. The second-order valence-corrected chi connectivity index (χ2v) is 6.28. The Balaban J connectivity index is 1.74. The zero-order valence-corrected chi connectivity index (χ0v) is 14.0. The summed E-state index contributed by atoms with van der Waals surface area (Å²) in [5.41, 5.74) is 1.22. The molecule has 1 fully saturated rings. The average molecular weight is 357 g/mol. The number of nitrogens with one attached hydrogen (secondary N) is 2. The number of amides is 2. The van der Waals surface area contributed by atoms with E-state index in [-0.39, 0.29) is 5.91 Å². The summed E-state index contributed by atoms with van der Waals surface area (Å²) in [5, 5.41) is 12.1. The summed E-state index contributed by atoms with van der Waals surface area (Å²) in [4.78, 5) is 51.5. The molecule has 0 radical (unpaired) electrons. The number of aliphatic carboxylic acids is 1. The number of aromatic nitrogens is 1. The van der Waals surface area contributed by atoms with E-state index < -0.39 is 30.4 Å². The lowest BCUT2D eigenvalue weighted by molar-refractivity contribution is -0.139. The van der Waals surface area contributed by atoms with E-state index in [1.165, 1.54) is 4.90 Å². The Morgan fingerprint density at radius 1 is 1.35 bits per heavy atom. The monoisotopic (exact) mass is 357 g/mol. The number of hydrogen-bond donors (Lipinski definition) is 3. The molecular weight excluding hydrogens is 338 g/mol. The van der Waals surface area contributed by atoms with Gasteiger partial charge < -0.3 is 25.1 Å². The first-order valence-corrected chi connectivity index (χ1v) is 8.36. The Labute approximate surface area is 149 Å². The van der Waals surface area contributed by atoms with Crippen molar-refractivity contribution in [3.05, 3.63) is 36.0 Å². The quantitative estimate of drug-likeness (QED) is 0.665. The fourth-order valence-electron chi connectivity index (χ4n) is 3.23. The van der Waals surface area contributed by atoms with Crippen molar-refractivity contribution in [2.45, 2.75) is 31.3 Å². The Bertz CT molecular complexity index is 826. The van der Waals surface area contributed by atoms with E-state index in [9.17, 15) is 19.2 Å². The van der Waals surface area contributed by atoms with Crippen LogP contribution in [-0.4, -0.2) is 57.7 Å². The number of aromatic amines is 1. The smallest absolute Gasteiger partial charge is 0.305 e. The van der Waals surface area contributed by atoms with E-state index in [4.69, 9.17) is 5.11 Å². The van der Waals surface area contributed by atoms with Crippen molar-refractivity contribution in [2.24, 2.45) is 0 Å². The van der Waals surface area contributed by atoms with Gasteiger partial charge in [0.15, 0.2) is 0 Å². The van der Waals surface area contributed by atoms with Gasteiger partial charge in [0.1, 0.15) is 18.0 Å². The minimum atomic E-state index is -1.18. The Morgan fingerprint density at radius 3 is 2.81 bits per heavy atom. The SMILES string of the molecule is O=C[C@H](CC(=O)O)NC(=O)[C@H]1CCCN1C(=O)c1cc2ccccc2[nH]1. The lowest BCUT2D eigenvalue weighted by atomic mass is 10.1. The number of rotatable bonds is 6. The van der Waals surface area contributed by atoms with Crippen molar-refractivity contribution in [3.63, 3.8) is 0 Å². The fraction of sp³-hybridized carbons (Fsp3) is 0.333. The molecule has 3 N–H and O–H groups in total. The van der Waals surface area contributed by atoms with E-state index in [2.05, 4.69) is 10.3 Å². The maximum atomic E-state index is 12.8. The fourth-order valence-corrected chi connectivity index (χ4v) is 3.23. The highest BCUT2D eigenvalue weighted by molar-refractivity contribution is 6.00. The van der Waals surface area contributed by atoms with Gasteiger partial charge in [0, 0.05) is 17.4 Å². The number of fused-ring (bicyclic) bond motifs is 1. The third-order valence-corrected chi connectivity index (χ3v) is 4.46. The van der Waals surface area contributed by atoms with E-state index >= 15 is 0 Å². The molecule has 1 saturated heterocycles. The Kier molecular flexibility index (Phi) is 5.01. The van der Waals surface area contributed by atoms with Crippen LogP contribution in [0.1, 0.15) is 29.8 Å². The number of nitrogens with zero attached hydrogens (tertiary/aromatic N) is 1. The van der Waals surface area contributed by atoms with Crippen LogP contribution in [0.15, 0.2) is 30.3 Å². The Hall–Kier alpha value is -3.16. The van der Waals surface area contributed by atoms with E-state index in [1.54, 1.807) is 6.07 Å². The maximum Gasteiger partial charge on any atom is 0.305 e. The molecule has 1 aromatic heterocycles. The lowest BCUT2D eigenvalue weighted by Crippen LogP contribution is -2.49. The molecule has 1 aromatic carbocycles. The second kappa shape index (κ2) is 7.38. The van der Waals surface area contributed by atoms with Crippen LogP contribution in [0.25, 0.3) is 10.9 Å². The van der Waals surface area contributed by atoms with Gasteiger partial charge >= 0.3 is 5.97 Å². The zero-order chi connectivity index (χ0) is 18.7. The van der Waals surface area contributed by atoms with Gasteiger partial charge in [-0.2, -0.15) is 0 Å². The van der Waals surface area contributed by atoms with Crippen molar-refractivity contribution >= 4 is 35.0 Å². The predicted molar refractivity (Wildman–Crippen MR) is 92.6 cm³/mol. The Morgan fingerprint density at radius 2 is 2.12 bits per heavy atom. The molecule has 0 unspecified atom stereocenters. The molecule has 26 heavy (non-hydrogen) atoms. The summed E-state index contributed by atoms with van der Waals surface area (Å²) >= 11 is 0. The van der Waals surface area contributed by atoms with Crippen LogP contribution in [0.2, 0.25) is 0 Å². The molecule has 1 aliphatic heterocycles. The summed E-state index contributed by atoms with van der Waals surface area (Å²) in [6.45, 7) is 0.428. The summed E-state index contributed by atoms with van der Waals surface area (Å²) in [7, 11) is 0. The highest BCUT2D eigenvalue weighted by Gasteiger charge is 2.36. The molecule has 2 heterocycles. The van der Waals surface area contributed by atoms with Gasteiger partial charge in [0.25, 0.3) is 5.91 Å². The molecule has 2 atom stereocenters. The van der Waals surface area contributed by atoms with Crippen LogP contribution >= 0.6 is 0 Å². The van der Waals surface area contributed by atoms with Gasteiger partial charge in [0.2, 0.25) is 5.91 Å². The average Bonchev–Trinajstić information content (AvgIpc) is 3.26. The van der Waals surface area contributed by atoms with Gasteiger partial charge in [-0.05, 0) is 25.0 Å². The van der Waals surface area contributed by atoms with Crippen molar-refractivity contribution in [3.8, 4) is 0 Å². The molecule has 1 aliphatic rings. The highest BCUT2D eigenvalue weighted by Crippen LogP contribution is 2.22. The van der Waals surface area contributed by atoms with Crippen molar-refractivity contribution < 1.29 is 24.3 Å². The van der Waals surface area contributed by atoms with Crippen LogP contribution in [0.5, 0.6) is 0 Å². The summed E-state index contributed by atoms with van der Waals surface area (Å²) in [5.74, 6) is -1.98. The third kappa shape index (κ3) is 3.58. The molecule has 2 amide bonds. The maximum absolute atomic E-state index is 12.8. The summed E-state index contributed by atoms with van der Waals surface area (Å²) in [6.07, 6.45) is 1.04. The van der Waals surface area contributed by atoms with Crippen LogP contribution < -0.4 is 5.32 Å². The largest absolute Gasteiger partial charge is 0.481 e. The van der Waals surface area contributed by atoms with Gasteiger partial charge in [-0.1, -0.05) is 18.2 Å². The number of H-pyrrole nitrogens is 1. The first-order valence-electron chi connectivity index (χ1n) is 8.36. The zero-order valence-electron chi connectivity index (χ0n) is 14.0. The van der Waals surface area contributed by atoms with E-state index in [0.29, 0.717) is 31.4 Å². The summed E-state index contributed by atoms with van der Waals surface area (Å²) in [6, 6.07) is 7.40. The van der Waals surface area contributed by atoms with E-state index in [1.807, 2.05) is 24.3 Å². The number of carboxylic acid groups (broad SMARTS) is 1.